The minimum Gasteiger partial charge on any atom is -0.488 e. The maximum Gasteiger partial charge on any atom is 0.371 e. The first kappa shape index (κ1) is 13.2. The van der Waals surface area contributed by atoms with E-state index in [9.17, 15) is 4.79 Å². The van der Waals surface area contributed by atoms with E-state index < -0.39 is 5.97 Å². The molecule has 0 saturated heterocycles. The number of rotatable bonds is 4. The summed E-state index contributed by atoms with van der Waals surface area (Å²) in [7, 11) is 0. The number of aromatic carboxylic acids is 1. The van der Waals surface area contributed by atoms with Gasteiger partial charge in [0, 0.05) is 5.56 Å². The molecule has 2 rings (SSSR count). The zero-order valence-corrected chi connectivity index (χ0v) is 11.2. The summed E-state index contributed by atoms with van der Waals surface area (Å²) in [5.74, 6) is 0.248. The lowest BCUT2D eigenvalue weighted by molar-refractivity contribution is 0.0661. The molecule has 1 aromatic heterocycles. The van der Waals surface area contributed by atoms with Crippen molar-refractivity contribution >= 4 is 5.97 Å². The number of hydrogen-bond acceptors (Lipinski definition) is 3. The van der Waals surface area contributed by atoms with Crippen LogP contribution < -0.4 is 4.74 Å². The highest BCUT2D eigenvalue weighted by Gasteiger charge is 2.13. The van der Waals surface area contributed by atoms with Gasteiger partial charge >= 0.3 is 5.97 Å². The second kappa shape index (κ2) is 5.18. The van der Waals surface area contributed by atoms with E-state index >= 15 is 0 Å². The van der Waals surface area contributed by atoms with Crippen molar-refractivity contribution in [3.63, 3.8) is 0 Å². The predicted octanol–water partition coefficient (Wildman–Crippen LogP) is 3.48. The van der Waals surface area contributed by atoms with Gasteiger partial charge in [0.2, 0.25) is 5.76 Å². The highest BCUT2D eigenvalue weighted by Crippen LogP contribution is 2.23. The lowest BCUT2D eigenvalue weighted by atomic mass is 10.1. The van der Waals surface area contributed by atoms with E-state index in [1.165, 1.54) is 6.07 Å². The molecule has 0 bridgehead atoms. The molecular weight excluding hydrogens is 244 g/mol. The van der Waals surface area contributed by atoms with Crippen molar-refractivity contribution in [3.8, 4) is 5.75 Å². The number of carbonyl (C=O) groups is 1. The number of furan rings is 1. The molecule has 0 saturated carbocycles. The number of ether oxygens (including phenoxy) is 1. The molecule has 0 aliphatic heterocycles. The third-order valence-corrected chi connectivity index (χ3v) is 3.17. The van der Waals surface area contributed by atoms with Gasteiger partial charge in [-0.15, -0.1) is 0 Å². The normalized spacial score (nSPS) is 10.5. The van der Waals surface area contributed by atoms with Crippen LogP contribution in [0.15, 0.2) is 28.7 Å². The van der Waals surface area contributed by atoms with Gasteiger partial charge in [-0.3, -0.25) is 0 Å². The van der Waals surface area contributed by atoms with Crippen molar-refractivity contribution in [2.24, 2.45) is 0 Å². The number of carboxylic acid groups (broad SMARTS) is 1. The van der Waals surface area contributed by atoms with Gasteiger partial charge in [0.1, 0.15) is 18.1 Å². The second-order valence-electron chi connectivity index (χ2n) is 4.48. The molecule has 1 heterocycles. The summed E-state index contributed by atoms with van der Waals surface area (Å²) in [5, 5.41) is 8.85. The number of benzene rings is 1. The average molecular weight is 260 g/mol. The second-order valence-corrected chi connectivity index (χ2v) is 4.48. The number of hydrogen-bond donors (Lipinski definition) is 1. The average Bonchev–Trinajstić information content (AvgIpc) is 2.73. The molecular formula is C15H16O4. The smallest absolute Gasteiger partial charge is 0.371 e. The quantitative estimate of drug-likeness (QED) is 0.914. The number of carboxylic acids is 1. The topological polar surface area (TPSA) is 59.7 Å². The maximum absolute atomic E-state index is 10.8. The van der Waals surface area contributed by atoms with Crippen LogP contribution in [-0.2, 0) is 6.61 Å². The van der Waals surface area contributed by atoms with Crippen molar-refractivity contribution in [3.05, 3.63) is 52.5 Å². The van der Waals surface area contributed by atoms with E-state index in [4.69, 9.17) is 14.3 Å². The van der Waals surface area contributed by atoms with Crippen LogP contribution in [0.3, 0.4) is 0 Å². The minimum atomic E-state index is -1.07. The van der Waals surface area contributed by atoms with Crippen molar-refractivity contribution in [2.45, 2.75) is 27.4 Å². The van der Waals surface area contributed by atoms with Crippen LogP contribution in [0.5, 0.6) is 5.75 Å². The van der Waals surface area contributed by atoms with Crippen LogP contribution in [-0.4, -0.2) is 11.1 Å². The van der Waals surface area contributed by atoms with Crippen molar-refractivity contribution in [2.75, 3.05) is 0 Å². The lowest BCUT2D eigenvalue weighted by Gasteiger charge is -2.10. The molecule has 19 heavy (non-hydrogen) atoms. The Morgan fingerprint density at radius 3 is 2.68 bits per heavy atom. The Kier molecular flexibility index (Phi) is 3.60. The Labute approximate surface area is 111 Å². The van der Waals surface area contributed by atoms with E-state index in [-0.39, 0.29) is 5.76 Å². The first-order valence-electron chi connectivity index (χ1n) is 6.00. The summed E-state index contributed by atoms with van der Waals surface area (Å²) in [6, 6.07) is 7.36. The largest absolute Gasteiger partial charge is 0.488 e. The lowest BCUT2D eigenvalue weighted by Crippen LogP contribution is -1.98. The van der Waals surface area contributed by atoms with Gasteiger partial charge in [-0.2, -0.15) is 0 Å². The van der Waals surface area contributed by atoms with Crippen molar-refractivity contribution in [1.29, 1.82) is 0 Å². The van der Waals surface area contributed by atoms with E-state index in [1.54, 1.807) is 6.92 Å². The Morgan fingerprint density at radius 1 is 1.32 bits per heavy atom. The fourth-order valence-corrected chi connectivity index (χ4v) is 1.80. The Morgan fingerprint density at radius 2 is 2.05 bits per heavy atom. The molecule has 0 spiro atoms. The molecule has 0 aliphatic rings. The van der Waals surface area contributed by atoms with Gasteiger partial charge in [-0.25, -0.2) is 4.79 Å². The molecule has 1 aromatic carbocycles. The molecule has 0 amide bonds. The van der Waals surface area contributed by atoms with Gasteiger partial charge in [0.15, 0.2) is 0 Å². The zero-order chi connectivity index (χ0) is 14.0. The van der Waals surface area contributed by atoms with Gasteiger partial charge < -0.3 is 14.3 Å². The van der Waals surface area contributed by atoms with E-state index in [1.807, 2.05) is 32.0 Å². The Balaban J connectivity index is 2.14. The van der Waals surface area contributed by atoms with Gasteiger partial charge in [0.25, 0.3) is 0 Å². The highest BCUT2D eigenvalue weighted by atomic mass is 16.5. The van der Waals surface area contributed by atoms with Gasteiger partial charge in [0.05, 0.1) is 0 Å². The minimum absolute atomic E-state index is 0.0583. The molecule has 0 atom stereocenters. The van der Waals surface area contributed by atoms with Gasteiger partial charge in [-0.1, -0.05) is 12.1 Å². The summed E-state index contributed by atoms with van der Waals surface area (Å²) in [6.07, 6.45) is 0. The summed E-state index contributed by atoms with van der Waals surface area (Å²) in [5.41, 5.74) is 2.99. The van der Waals surface area contributed by atoms with Crippen LogP contribution in [0, 0.1) is 20.8 Å². The SMILES string of the molecule is Cc1cccc(OCc2cc(C(=O)O)oc2C)c1C. The molecule has 1 N–H and O–H groups in total. The molecule has 0 fully saturated rings. The monoisotopic (exact) mass is 260 g/mol. The number of aryl methyl sites for hydroxylation is 2. The molecule has 0 unspecified atom stereocenters. The molecule has 4 heteroatoms. The fourth-order valence-electron chi connectivity index (χ4n) is 1.80. The van der Waals surface area contributed by atoms with Crippen LogP contribution in [0.2, 0.25) is 0 Å². The summed E-state index contributed by atoms with van der Waals surface area (Å²) < 4.78 is 10.9. The van der Waals surface area contributed by atoms with E-state index in [0.717, 1.165) is 22.4 Å². The maximum atomic E-state index is 10.8. The Bertz CT molecular complexity index is 611. The predicted molar refractivity (Wildman–Crippen MR) is 70.7 cm³/mol. The Hall–Kier alpha value is -2.23. The van der Waals surface area contributed by atoms with E-state index in [2.05, 4.69) is 0 Å². The molecule has 0 aliphatic carbocycles. The third-order valence-electron chi connectivity index (χ3n) is 3.17. The van der Waals surface area contributed by atoms with E-state index in [0.29, 0.717) is 12.4 Å². The van der Waals surface area contributed by atoms with Crippen molar-refractivity contribution < 1.29 is 19.1 Å². The molecule has 4 nitrogen and oxygen atoms in total. The summed E-state index contributed by atoms with van der Waals surface area (Å²) in [6.45, 7) is 6.05. The third kappa shape index (κ3) is 2.78. The fraction of sp³-hybridized carbons (Fsp3) is 0.267. The first-order chi connectivity index (χ1) is 8.99. The molecule has 100 valence electrons. The van der Waals surface area contributed by atoms with Crippen LogP contribution in [0.25, 0.3) is 0 Å². The molecule has 2 aromatic rings. The standard InChI is InChI=1S/C15H16O4/c1-9-5-4-6-13(10(9)2)18-8-12-7-14(15(16)17)19-11(12)3/h4-7H,8H2,1-3H3,(H,16,17). The molecule has 0 radical (unpaired) electrons. The van der Waals surface area contributed by atoms with Crippen LogP contribution >= 0.6 is 0 Å². The highest BCUT2D eigenvalue weighted by molar-refractivity contribution is 5.84. The van der Waals surface area contributed by atoms with Crippen molar-refractivity contribution in [1.82, 2.24) is 0 Å². The van der Waals surface area contributed by atoms with Crippen LogP contribution in [0.4, 0.5) is 0 Å². The van der Waals surface area contributed by atoms with Crippen LogP contribution in [0.1, 0.15) is 33.0 Å². The zero-order valence-electron chi connectivity index (χ0n) is 11.2. The van der Waals surface area contributed by atoms with Gasteiger partial charge in [-0.05, 0) is 44.0 Å². The summed E-state index contributed by atoms with van der Waals surface area (Å²) in [4.78, 5) is 10.8. The summed E-state index contributed by atoms with van der Waals surface area (Å²) >= 11 is 0. The first-order valence-corrected chi connectivity index (χ1v) is 6.00.